The van der Waals surface area contributed by atoms with Crippen molar-refractivity contribution in [2.24, 2.45) is 0 Å². The van der Waals surface area contributed by atoms with Crippen LogP contribution in [0, 0.1) is 0 Å². The molecule has 70 valence electrons. The first kappa shape index (κ1) is 10.4. The Hall–Kier alpha value is -0.730. The average molecular weight is 218 g/mol. The summed E-state index contributed by atoms with van der Waals surface area (Å²) in [6.45, 7) is 0.255. The molecule has 0 fully saturated rings. The van der Waals surface area contributed by atoms with Crippen LogP contribution in [0.5, 0.6) is 0 Å². The highest BCUT2D eigenvalue weighted by Gasteiger charge is 1.98. The summed E-state index contributed by atoms with van der Waals surface area (Å²) in [7, 11) is 0. The van der Waals surface area contributed by atoms with Gasteiger partial charge in [0.1, 0.15) is 0 Å². The first-order valence-corrected chi connectivity index (χ1v) is 4.70. The summed E-state index contributed by atoms with van der Waals surface area (Å²) in [4.78, 5) is 10.8. The summed E-state index contributed by atoms with van der Waals surface area (Å²) in [6.07, 6.45) is 0. The summed E-state index contributed by atoms with van der Waals surface area (Å²) in [5.74, 6) is 0.0113. The highest BCUT2D eigenvalue weighted by molar-refractivity contribution is 6.30. The van der Waals surface area contributed by atoms with Crippen molar-refractivity contribution in [3.05, 3.63) is 29.3 Å². The van der Waals surface area contributed by atoms with E-state index in [0.29, 0.717) is 5.02 Å². The lowest BCUT2D eigenvalue weighted by atomic mass is 10.3. The number of anilines is 1. The molecule has 4 heteroatoms. The van der Waals surface area contributed by atoms with E-state index in [1.165, 1.54) is 0 Å². The van der Waals surface area contributed by atoms with Gasteiger partial charge in [0.05, 0.1) is 12.4 Å². The summed E-state index contributed by atoms with van der Waals surface area (Å²) in [6, 6.07) is 7.14. The highest BCUT2D eigenvalue weighted by atomic mass is 35.5. The lowest BCUT2D eigenvalue weighted by Crippen LogP contribution is -2.14. The number of carbonyl (C=O) groups is 1. The molecule has 1 N–H and O–H groups in total. The molecule has 0 aliphatic heterocycles. The van der Waals surface area contributed by atoms with Gasteiger partial charge in [-0.3, -0.25) is 4.79 Å². The topological polar surface area (TPSA) is 29.1 Å². The van der Waals surface area contributed by atoms with Gasteiger partial charge in [0.2, 0.25) is 0 Å². The molecule has 1 aromatic rings. The van der Waals surface area contributed by atoms with Crippen molar-refractivity contribution < 1.29 is 4.79 Å². The molecule has 13 heavy (non-hydrogen) atoms. The molecular formula is C9H9Cl2NO. The molecular weight excluding hydrogens is 209 g/mol. The van der Waals surface area contributed by atoms with Gasteiger partial charge in [0.15, 0.2) is 5.78 Å². The van der Waals surface area contributed by atoms with E-state index in [0.717, 1.165) is 5.69 Å². The van der Waals surface area contributed by atoms with E-state index in [1.807, 2.05) is 12.1 Å². The molecule has 0 atom stereocenters. The first-order valence-electron chi connectivity index (χ1n) is 3.79. The van der Waals surface area contributed by atoms with E-state index in [9.17, 15) is 4.79 Å². The third-order valence-electron chi connectivity index (χ3n) is 1.48. The Balaban J connectivity index is 2.46. The summed E-state index contributed by atoms with van der Waals surface area (Å²) < 4.78 is 0. The zero-order chi connectivity index (χ0) is 9.68. The lowest BCUT2D eigenvalue weighted by Gasteiger charge is -2.03. The number of ketones is 1. The molecule has 0 spiro atoms. The quantitative estimate of drug-likeness (QED) is 0.787. The van der Waals surface area contributed by atoms with E-state index in [2.05, 4.69) is 5.32 Å². The SMILES string of the molecule is O=C(CCl)CNc1ccc(Cl)cc1. The molecule has 2 nitrogen and oxygen atoms in total. The molecule has 0 aliphatic rings. The first-order chi connectivity index (χ1) is 6.22. The fourth-order valence-corrected chi connectivity index (χ4v) is 1.04. The fourth-order valence-electron chi connectivity index (χ4n) is 0.816. The number of alkyl halides is 1. The maximum atomic E-state index is 10.8. The Labute approximate surface area is 86.8 Å². The van der Waals surface area contributed by atoms with Crippen molar-refractivity contribution >= 4 is 34.7 Å². The van der Waals surface area contributed by atoms with Crippen LogP contribution in [0.1, 0.15) is 0 Å². The van der Waals surface area contributed by atoms with Crippen molar-refractivity contribution in [3.63, 3.8) is 0 Å². The zero-order valence-corrected chi connectivity index (χ0v) is 8.40. The monoisotopic (exact) mass is 217 g/mol. The van der Waals surface area contributed by atoms with Gasteiger partial charge in [0.25, 0.3) is 0 Å². The van der Waals surface area contributed by atoms with Gasteiger partial charge in [-0.2, -0.15) is 0 Å². The molecule has 1 rings (SSSR count). The molecule has 0 aliphatic carbocycles. The number of halogens is 2. The highest BCUT2D eigenvalue weighted by Crippen LogP contribution is 2.12. The minimum Gasteiger partial charge on any atom is -0.378 e. The maximum absolute atomic E-state index is 10.8. The second-order valence-corrected chi connectivity index (χ2v) is 3.24. The van der Waals surface area contributed by atoms with Gasteiger partial charge in [-0.25, -0.2) is 0 Å². The number of hydrogen-bond acceptors (Lipinski definition) is 2. The van der Waals surface area contributed by atoms with E-state index in [1.54, 1.807) is 12.1 Å². The minimum absolute atomic E-state index is 0.0309. The number of rotatable bonds is 4. The Bertz CT molecular complexity index is 284. The molecule has 0 heterocycles. The Morgan fingerprint density at radius 3 is 2.46 bits per heavy atom. The van der Waals surface area contributed by atoms with Gasteiger partial charge >= 0.3 is 0 Å². The van der Waals surface area contributed by atoms with Crippen molar-refractivity contribution in [1.29, 1.82) is 0 Å². The summed E-state index contributed by atoms with van der Waals surface area (Å²) in [5, 5.41) is 3.61. The van der Waals surface area contributed by atoms with Crippen LogP contribution < -0.4 is 5.32 Å². The van der Waals surface area contributed by atoms with E-state index >= 15 is 0 Å². The number of benzene rings is 1. The van der Waals surface area contributed by atoms with Crippen LogP contribution in [0.2, 0.25) is 5.02 Å². The average Bonchev–Trinajstić information content (AvgIpc) is 2.16. The second kappa shape index (κ2) is 5.10. The molecule has 0 amide bonds. The molecule has 0 saturated heterocycles. The van der Waals surface area contributed by atoms with Crippen LogP contribution in [-0.2, 0) is 4.79 Å². The van der Waals surface area contributed by atoms with Crippen LogP contribution in [0.3, 0.4) is 0 Å². The van der Waals surface area contributed by atoms with Crippen LogP contribution in [0.25, 0.3) is 0 Å². The van der Waals surface area contributed by atoms with Crippen molar-refractivity contribution in [1.82, 2.24) is 0 Å². The van der Waals surface area contributed by atoms with Gasteiger partial charge in [-0.1, -0.05) is 11.6 Å². The second-order valence-electron chi connectivity index (χ2n) is 2.53. The maximum Gasteiger partial charge on any atom is 0.166 e. The van der Waals surface area contributed by atoms with Crippen LogP contribution in [0.4, 0.5) is 5.69 Å². The number of Topliss-reactive ketones (excluding diaryl/α,β-unsaturated/α-hetero) is 1. The molecule has 0 radical (unpaired) electrons. The smallest absolute Gasteiger partial charge is 0.166 e. The van der Waals surface area contributed by atoms with Gasteiger partial charge in [-0.15, -0.1) is 11.6 Å². The number of hydrogen-bond donors (Lipinski definition) is 1. The van der Waals surface area contributed by atoms with Crippen molar-refractivity contribution in [2.75, 3.05) is 17.7 Å². The molecule has 1 aromatic carbocycles. The predicted molar refractivity (Wildman–Crippen MR) is 55.7 cm³/mol. The number of nitrogens with one attached hydrogen (secondary N) is 1. The normalized spacial score (nSPS) is 9.69. The van der Waals surface area contributed by atoms with Gasteiger partial charge < -0.3 is 5.32 Å². The Morgan fingerprint density at radius 2 is 1.92 bits per heavy atom. The zero-order valence-electron chi connectivity index (χ0n) is 6.89. The minimum atomic E-state index is -0.0309. The predicted octanol–water partition coefficient (Wildman–Crippen LogP) is 2.56. The van der Waals surface area contributed by atoms with Gasteiger partial charge in [-0.05, 0) is 24.3 Å². The van der Waals surface area contributed by atoms with E-state index in [4.69, 9.17) is 23.2 Å². The Morgan fingerprint density at radius 1 is 1.31 bits per heavy atom. The largest absolute Gasteiger partial charge is 0.378 e. The summed E-state index contributed by atoms with van der Waals surface area (Å²) >= 11 is 11.0. The fraction of sp³-hybridized carbons (Fsp3) is 0.222. The third kappa shape index (κ3) is 3.66. The summed E-state index contributed by atoms with van der Waals surface area (Å²) in [5.41, 5.74) is 0.864. The third-order valence-corrected chi connectivity index (χ3v) is 2.03. The number of carbonyl (C=O) groups excluding carboxylic acids is 1. The van der Waals surface area contributed by atoms with Gasteiger partial charge in [0, 0.05) is 10.7 Å². The lowest BCUT2D eigenvalue weighted by molar-refractivity contribution is -0.115. The van der Waals surface area contributed by atoms with Crippen LogP contribution >= 0.6 is 23.2 Å². The van der Waals surface area contributed by atoms with Crippen LogP contribution in [-0.4, -0.2) is 18.2 Å². The molecule has 0 aromatic heterocycles. The molecule has 0 unspecified atom stereocenters. The van der Waals surface area contributed by atoms with Crippen molar-refractivity contribution in [2.45, 2.75) is 0 Å². The Kier molecular flexibility index (Phi) is 4.06. The molecule has 0 saturated carbocycles. The van der Waals surface area contributed by atoms with E-state index < -0.39 is 0 Å². The van der Waals surface area contributed by atoms with E-state index in [-0.39, 0.29) is 18.2 Å². The molecule has 0 bridgehead atoms. The van der Waals surface area contributed by atoms with Crippen molar-refractivity contribution in [3.8, 4) is 0 Å². The standard InChI is InChI=1S/C9H9Cl2NO/c10-5-9(13)6-12-8-3-1-7(11)2-4-8/h1-4,12H,5-6H2. The van der Waals surface area contributed by atoms with Crippen LogP contribution in [0.15, 0.2) is 24.3 Å².